The lowest BCUT2D eigenvalue weighted by molar-refractivity contribution is 0.108. The predicted molar refractivity (Wildman–Crippen MR) is 281 cm³/mol. The second-order valence-electron chi connectivity index (χ2n) is 17.4. The molecule has 0 saturated heterocycles. The average Bonchev–Trinajstić information content (AvgIpc) is 3.42. The molecule has 0 aliphatic rings. The molecule has 10 aromatic rings. The number of hydrogen-bond acceptors (Lipinski definition) is 7. The lowest BCUT2D eigenvalue weighted by Gasteiger charge is -2.16. The van der Waals surface area contributed by atoms with Crippen molar-refractivity contribution in [2.24, 2.45) is 0 Å². The van der Waals surface area contributed by atoms with E-state index in [1.807, 2.05) is 127 Å². The second-order valence-corrected chi connectivity index (χ2v) is 17.4. The Kier molecular flexibility index (Phi) is 15.1. The number of fused-ring (bicyclic) bond motifs is 2. The highest BCUT2D eigenvalue weighted by atomic mass is 16.5. The SMILES string of the molecule is c1ccc(COc2cc(COc3cc(COCc4c5ccccc5cc5ccccc45)cc(OCc4cc(OCc5ccccc5)cc(OCc5ccccc5)c4)c3)cc(OCc3ccccc3)c2)cc1. The molecule has 7 heteroatoms. The first-order valence-corrected chi connectivity index (χ1v) is 23.9. The number of rotatable bonds is 22. The van der Waals surface area contributed by atoms with Crippen LogP contribution in [0.5, 0.6) is 34.5 Å². The van der Waals surface area contributed by atoms with E-state index in [4.69, 9.17) is 33.2 Å². The standard InChI is InChI=1S/C64H54O7/c1-5-17-47(18-6-1)40-66-58-31-52(32-59(37-58)67-41-48-19-7-2-8-20-48)44-70-56-29-51(39-65-46-64-62-27-15-13-25-54(62)35-55-26-14-16-28-63(55)64)30-57(36-56)71-45-53-33-60(68-42-49-21-9-3-10-22-49)38-61(34-53)69-43-50-23-11-4-12-24-50/h1-38H,39-46H2. The summed E-state index contributed by atoms with van der Waals surface area (Å²) in [6.45, 7) is 2.93. The number of ether oxygens (including phenoxy) is 7. The molecule has 0 aliphatic heterocycles. The van der Waals surface area contributed by atoms with E-state index in [0.717, 1.165) is 44.5 Å². The highest BCUT2D eigenvalue weighted by Crippen LogP contribution is 2.33. The molecule has 0 bridgehead atoms. The topological polar surface area (TPSA) is 64.6 Å². The molecule has 0 fully saturated rings. The molecule has 10 rings (SSSR count). The van der Waals surface area contributed by atoms with Crippen LogP contribution in [0.15, 0.2) is 231 Å². The first kappa shape index (κ1) is 46.2. The van der Waals surface area contributed by atoms with Crippen LogP contribution in [0.2, 0.25) is 0 Å². The third-order valence-corrected chi connectivity index (χ3v) is 12.0. The fraction of sp³-hybridized carbons (Fsp3) is 0.125. The Hall–Kier alpha value is -8.52. The molecule has 0 aliphatic carbocycles. The lowest BCUT2D eigenvalue weighted by atomic mass is 9.97. The molecule has 0 spiro atoms. The van der Waals surface area contributed by atoms with Crippen molar-refractivity contribution < 1.29 is 33.2 Å². The molecule has 352 valence electrons. The van der Waals surface area contributed by atoms with Crippen LogP contribution in [-0.4, -0.2) is 0 Å². The molecule has 0 N–H and O–H groups in total. The van der Waals surface area contributed by atoms with E-state index in [2.05, 4.69) is 103 Å². The minimum atomic E-state index is 0.249. The second kappa shape index (κ2) is 23.2. The van der Waals surface area contributed by atoms with Crippen molar-refractivity contribution in [1.82, 2.24) is 0 Å². The molecule has 71 heavy (non-hydrogen) atoms. The Morgan fingerprint density at radius 2 is 0.479 bits per heavy atom. The van der Waals surface area contributed by atoms with Gasteiger partial charge in [0.15, 0.2) is 0 Å². The van der Waals surface area contributed by atoms with Gasteiger partial charge in [-0.1, -0.05) is 170 Å². The van der Waals surface area contributed by atoms with Crippen molar-refractivity contribution in [3.8, 4) is 34.5 Å². The van der Waals surface area contributed by atoms with Gasteiger partial charge < -0.3 is 33.2 Å². The highest BCUT2D eigenvalue weighted by molar-refractivity contribution is 6.02. The summed E-state index contributed by atoms with van der Waals surface area (Å²) in [4.78, 5) is 0. The summed E-state index contributed by atoms with van der Waals surface area (Å²) in [7, 11) is 0. The van der Waals surface area contributed by atoms with Crippen LogP contribution < -0.4 is 28.4 Å². The molecular formula is C64H54O7. The summed E-state index contributed by atoms with van der Waals surface area (Å²) >= 11 is 0. The first-order valence-electron chi connectivity index (χ1n) is 23.9. The Labute approximate surface area is 415 Å². The van der Waals surface area contributed by atoms with Gasteiger partial charge in [0.1, 0.15) is 74.1 Å². The fourth-order valence-electron chi connectivity index (χ4n) is 8.47. The highest BCUT2D eigenvalue weighted by Gasteiger charge is 2.13. The summed E-state index contributed by atoms with van der Waals surface area (Å²) in [5, 5.41) is 4.72. The van der Waals surface area contributed by atoms with Crippen LogP contribution in [0.3, 0.4) is 0 Å². The van der Waals surface area contributed by atoms with E-state index in [-0.39, 0.29) is 13.2 Å². The molecule has 0 unspecified atom stereocenters. The summed E-state index contributed by atoms with van der Waals surface area (Å²) in [5.41, 5.74) is 8.13. The molecule has 0 saturated carbocycles. The largest absolute Gasteiger partial charge is 0.489 e. The Bertz CT molecular complexity index is 2950. The third kappa shape index (κ3) is 13.0. The van der Waals surface area contributed by atoms with Crippen molar-refractivity contribution >= 4 is 21.5 Å². The van der Waals surface area contributed by atoms with Crippen molar-refractivity contribution in [3.63, 3.8) is 0 Å². The van der Waals surface area contributed by atoms with E-state index in [1.165, 1.54) is 21.5 Å². The van der Waals surface area contributed by atoms with E-state index >= 15 is 0 Å². The predicted octanol–water partition coefficient (Wildman–Crippen LogP) is 15.2. The van der Waals surface area contributed by atoms with Gasteiger partial charge in [0.2, 0.25) is 0 Å². The molecule has 0 radical (unpaired) electrons. The minimum absolute atomic E-state index is 0.249. The molecule has 7 nitrogen and oxygen atoms in total. The molecule has 0 heterocycles. The Morgan fingerprint density at radius 1 is 0.211 bits per heavy atom. The fourth-order valence-corrected chi connectivity index (χ4v) is 8.47. The third-order valence-electron chi connectivity index (χ3n) is 12.0. The van der Waals surface area contributed by atoms with Crippen LogP contribution in [0.25, 0.3) is 21.5 Å². The zero-order valence-corrected chi connectivity index (χ0v) is 39.5. The average molecular weight is 935 g/mol. The van der Waals surface area contributed by atoms with Gasteiger partial charge in [0.25, 0.3) is 0 Å². The van der Waals surface area contributed by atoms with Gasteiger partial charge in [-0.2, -0.15) is 0 Å². The zero-order chi connectivity index (χ0) is 47.9. The van der Waals surface area contributed by atoms with Crippen molar-refractivity contribution in [2.75, 3.05) is 0 Å². The van der Waals surface area contributed by atoms with Crippen molar-refractivity contribution in [2.45, 2.75) is 52.9 Å². The van der Waals surface area contributed by atoms with Gasteiger partial charge in [-0.3, -0.25) is 0 Å². The van der Waals surface area contributed by atoms with Crippen LogP contribution in [0, 0.1) is 0 Å². The van der Waals surface area contributed by atoms with Gasteiger partial charge in [-0.25, -0.2) is 0 Å². The van der Waals surface area contributed by atoms with Gasteiger partial charge >= 0.3 is 0 Å². The first-order chi connectivity index (χ1) is 35.1. The Morgan fingerprint density at radius 3 is 0.803 bits per heavy atom. The summed E-state index contributed by atoms with van der Waals surface area (Å²) in [6.07, 6.45) is 0. The number of benzene rings is 10. The van der Waals surface area contributed by atoms with E-state index in [1.54, 1.807) is 0 Å². The van der Waals surface area contributed by atoms with Gasteiger partial charge in [-0.15, -0.1) is 0 Å². The summed E-state index contributed by atoms with van der Waals surface area (Å²) in [6, 6.07) is 77.5. The van der Waals surface area contributed by atoms with Gasteiger partial charge in [0, 0.05) is 18.2 Å². The molecule has 10 aromatic carbocycles. The molecular weight excluding hydrogens is 881 g/mol. The van der Waals surface area contributed by atoms with E-state index < -0.39 is 0 Å². The smallest absolute Gasteiger partial charge is 0.123 e. The summed E-state index contributed by atoms with van der Waals surface area (Å²) in [5.74, 6) is 4.01. The van der Waals surface area contributed by atoms with Gasteiger partial charge in [-0.05, 0) is 109 Å². The van der Waals surface area contributed by atoms with Gasteiger partial charge in [0.05, 0.1) is 13.2 Å². The molecule has 0 atom stereocenters. The Balaban J connectivity index is 0.911. The van der Waals surface area contributed by atoms with Crippen molar-refractivity contribution in [1.29, 1.82) is 0 Å². The number of hydrogen-bond donors (Lipinski definition) is 0. The molecule has 0 amide bonds. The van der Waals surface area contributed by atoms with E-state index in [9.17, 15) is 0 Å². The van der Waals surface area contributed by atoms with Crippen LogP contribution in [0.1, 0.15) is 44.5 Å². The monoisotopic (exact) mass is 934 g/mol. The minimum Gasteiger partial charge on any atom is -0.489 e. The lowest BCUT2D eigenvalue weighted by Crippen LogP contribution is -2.03. The molecule has 0 aromatic heterocycles. The van der Waals surface area contributed by atoms with Crippen LogP contribution in [-0.2, 0) is 57.6 Å². The maximum atomic E-state index is 6.64. The maximum absolute atomic E-state index is 6.64. The summed E-state index contributed by atoms with van der Waals surface area (Å²) < 4.78 is 45.2. The quantitative estimate of drug-likeness (QED) is 0.0627. The van der Waals surface area contributed by atoms with Crippen LogP contribution >= 0.6 is 0 Å². The van der Waals surface area contributed by atoms with Crippen LogP contribution in [0.4, 0.5) is 0 Å². The zero-order valence-electron chi connectivity index (χ0n) is 39.5. The normalized spacial score (nSPS) is 11.0. The van der Waals surface area contributed by atoms with Crippen molar-refractivity contribution in [3.05, 3.63) is 275 Å². The van der Waals surface area contributed by atoms with E-state index in [0.29, 0.717) is 74.1 Å². The maximum Gasteiger partial charge on any atom is 0.123 e.